The summed E-state index contributed by atoms with van der Waals surface area (Å²) in [6.07, 6.45) is 7.36. The van der Waals surface area contributed by atoms with E-state index in [0.29, 0.717) is 6.04 Å². The van der Waals surface area contributed by atoms with E-state index in [2.05, 4.69) is 47.7 Å². The van der Waals surface area contributed by atoms with Crippen LogP contribution in [0.25, 0.3) is 0 Å². The molecule has 0 heterocycles. The van der Waals surface area contributed by atoms with Crippen LogP contribution in [0.2, 0.25) is 0 Å². The third-order valence-electron chi connectivity index (χ3n) is 3.53. The van der Waals surface area contributed by atoms with Crippen LogP contribution in [0.15, 0.2) is 29.0 Å². The summed E-state index contributed by atoms with van der Waals surface area (Å²) >= 11 is 0. The Labute approximate surface area is 131 Å². The Balaban J connectivity index is 5.55. The van der Waals surface area contributed by atoms with E-state index in [1.807, 2.05) is 20.2 Å². The summed E-state index contributed by atoms with van der Waals surface area (Å²) in [5.41, 5.74) is 2.36. The van der Waals surface area contributed by atoms with Crippen molar-refractivity contribution in [2.75, 3.05) is 27.3 Å². The molecule has 0 bridgehead atoms. The number of hydrogen-bond acceptors (Lipinski definition) is 4. The Kier molecular flexibility index (Phi) is 11.9. The third kappa shape index (κ3) is 6.91. The lowest BCUT2D eigenvalue weighted by Gasteiger charge is -2.36. The van der Waals surface area contributed by atoms with Gasteiger partial charge in [-0.2, -0.15) is 0 Å². The molecule has 0 aliphatic heterocycles. The van der Waals surface area contributed by atoms with Crippen LogP contribution in [0.4, 0.5) is 0 Å². The zero-order valence-corrected chi connectivity index (χ0v) is 14.4. The predicted octanol–water partition coefficient (Wildman–Crippen LogP) is 3.14. The Morgan fingerprint density at radius 2 is 1.95 bits per heavy atom. The Bertz CT molecular complexity index is 323. The molecule has 0 aliphatic rings. The fraction of sp³-hybridized carbons (Fsp3) is 0.706. The van der Waals surface area contributed by atoms with Gasteiger partial charge in [-0.1, -0.05) is 32.8 Å². The quantitative estimate of drug-likeness (QED) is 0.311. The molecular weight excluding hydrogens is 260 g/mol. The molecule has 0 aromatic carbocycles. The van der Waals surface area contributed by atoms with Crippen molar-refractivity contribution in [2.45, 2.75) is 52.0 Å². The lowest BCUT2D eigenvalue weighted by molar-refractivity contribution is 0.220. The molecule has 0 rings (SSSR count). The predicted molar refractivity (Wildman–Crippen MR) is 94.7 cm³/mol. The monoisotopic (exact) mass is 294 g/mol. The van der Waals surface area contributed by atoms with E-state index >= 15 is 0 Å². The molecule has 1 atom stereocenters. The van der Waals surface area contributed by atoms with E-state index < -0.39 is 0 Å². The second-order valence-electron chi connectivity index (χ2n) is 5.28. The van der Waals surface area contributed by atoms with Crippen LogP contribution >= 0.6 is 0 Å². The number of nitrogens with one attached hydrogen (secondary N) is 2. The number of aliphatic imine (C=N–C) groups is 1. The topological polar surface area (TPSA) is 39.7 Å². The molecule has 0 amide bonds. The van der Waals surface area contributed by atoms with Crippen molar-refractivity contribution in [1.82, 2.24) is 15.5 Å². The van der Waals surface area contributed by atoms with Gasteiger partial charge in [-0.15, -0.1) is 6.58 Å². The summed E-state index contributed by atoms with van der Waals surface area (Å²) < 4.78 is 0. The lowest BCUT2D eigenvalue weighted by atomic mass is 10.0. The molecule has 2 N–H and O–H groups in total. The maximum Gasteiger partial charge on any atom is 0.0680 e. The highest BCUT2D eigenvalue weighted by molar-refractivity contribution is 5.31. The highest BCUT2D eigenvalue weighted by atomic mass is 15.3. The first-order chi connectivity index (χ1) is 10.2. The molecule has 0 spiro atoms. The summed E-state index contributed by atoms with van der Waals surface area (Å²) in [5.74, 6) is 0. The van der Waals surface area contributed by atoms with E-state index in [-0.39, 0.29) is 0 Å². The second kappa shape index (κ2) is 12.6. The molecule has 0 aromatic heterocycles. The summed E-state index contributed by atoms with van der Waals surface area (Å²) in [4.78, 5) is 6.73. The standard InChI is InChI=1S/C17H34N4/c1-7-10-15(11-8-2)21(14-19-5)17(13-18-4)16(20-6)12-9-3/h7,15,18-19H,1,6,8-14H2,2-5H3/b17-16-. The molecular formula is C17H34N4. The van der Waals surface area contributed by atoms with Gasteiger partial charge >= 0.3 is 0 Å². The molecule has 0 aromatic rings. The number of nitrogens with zero attached hydrogens (tertiary/aromatic N) is 2. The van der Waals surface area contributed by atoms with Gasteiger partial charge in [-0.3, -0.25) is 4.99 Å². The normalized spacial score (nSPS) is 13.5. The van der Waals surface area contributed by atoms with Gasteiger partial charge in [0.25, 0.3) is 0 Å². The molecule has 21 heavy (non-hydrogen) atoms. The smallest absolute Gasteiger partial charge is 0.0680 e. The highest BCUT2D eigenvalue weighted by Gasteiger charge is 2.21. The zero-order valence-electron chi connectivity index (χ0n) is 14.4. The molecule has 0 saturated heterocycles. The van der Waals surface area contributed by atoms with Crippen LogP contribution in [-0.4, -0.2) is 45.0 Å². The fourth-order valence-corrected chi connectivity index (χ4v) is 2.63. The van der Waals surface area contributed by atoms with Gasteiger partial charge in [0.15, 0.2) is 0 Å². The van der Waals surface area contributed by atoms with Crippen molar-refractivity contribution in [3.8, 4) is 0 Å². The minimum atomic E-state index is 0.455. The highest BCUT2D eigenvalue weighted by Crippen LogP contribution is 2.22. The van der Waals surface area contributed by atoms with E-state index in [4.69, 9.17) is 0 Å². The molecule has 0 saturated carbocycles. The number of rotatable bonds is 13. The van der Waals surface area contributed by atoms with Crippen molar-refractivity contribution < 1.29 is 0 Å². The maximum atomic E-state index is 4.30. The van der Waals surface area contributed by atoms with Crippen molar-refractivity contribution >= 4 is 6.72 Å². The first-order valence-electron chi connectivity index (χ1n) is 8.05. The van der Waals surface area contributed by atoms with E-state index in [1.54, 1.807) is 0 Å². The third-order valence-corrected chi connectivity index (χ3v) is 3.53. The Morgan fingerprint density at radius 1 is 1.24 bits per heavy atom. The van der Waals surface area contributed by atoms with Crippen LogP contribution in [0, 0.1) is 0 Å². The van der Waals surface area contributed by atoms with Crippen LogP contribution in [0.5, 0.6) is 0 Å². The van der Waals surface area contributed by atoms with Gasteiger partial charge in [-0.25, -0.2) is 0 Å². The first-order valence-corrected chi connectivity index (χ1v) is 8.05. The minimum Gasteiger partial charge on any atom is -0.356 e. The molecule has 0 fully saturated rings. The van der Waals surface area contributed by atoms with Crippen LogP contribution in [0.3, 0.4) is 0 Å². The first kappa shape index (κ1) is 19.9. The maximum absolute atomic E-state index is 4.30. The van der Waals surface area contributed by atoms with Crippen molar-refractivity contribution in [3.05, 3.63) is 24.0 Å². The van der Waals surface area contributed by atoms with Crippen molar-refractivity contribution in [1.29, 1.82) is 0 Å². The fourth-order valence-electron chi connectivity index (χ4n) is 2.63. The summed E-state index contributed by atoms with van der Waals surface area (Å²) in [5, 5.41) is 6.57. The van der Waals surface area contributed by atoms with Gasteiger partial charge in [0.05, 0.1) is 18.1 Å². The van der Waals surface area contributed by atoms with E-state index in [0.717, 1.165) is 51.0 Å². The average Bonchev–Trinajstić information content (AvgIpc) is 2.48. The molecule has 0 radical (unpaired) electrons. The SMILES string of the molecule is C=CCC(CCC)N(CNC)/C(CNC)=C(/CCC)N=C. The Morgan fingerprint density at radius 3 is 2.38 bits per heavy atom. The van der Waals surface area contributed by atoms with Gasteiger partial charge in [0, 0.05) is 12.6 Å². The largest absolute Gasteiger partial charge is 0.356 e. The second-order valence-corrected chi connectivity index (χ2v) is 5.28. The number of likely N-dealkylation sites (N-methyl/N-ethyl adjacent to an activating group) is 1. The van der Waals surface area contributed by atoms with Crippen LogP contribution in [-0.2, 0) is 0 Å². The number of hydrogen-bond donors (Lipinski definition) is 2. The molecule has 4 nitrogen and oxygen atoms in total. The Hall–Kier alpha value is -1.13. The summed E-state index contributed by atoms with van der Waals surface area (Å²) in [6.45, 7) is 13.7. The van der Waals surface area contributed by atoms with Gasteiger partial charge < -0.3 is 15.5 Å². The molecule has 122 valence electrons. The minimum absolute atomic E-state index is 0.455. The van der Waals surface area contributed by atoms with Gasteiger partial charge in [0.1, 0.15) is 0 Å². The summed E-state index contributed by atoms with van der Waals surface area (Å²) in [6, 6.07) is 0.455. The van der Waals surface area contributed by atoms with Gasteiger partial charge in [-0.05, 0) is 40.1 Å². The van der Waals surface area contributed by atoms with Crippen LogP contribution < -0.4 is 10.6 Å². The molecule has 1 unspecified atom stereocenters. The van der Waals surface area contributed by atoms with E-state index in [1.165, 1.54) is 5.70 Å². The zero-order chi connectivity index (χ0) is 16.1. The number of allylic oxidation sites excluding steroid dienone is 1. The van der Waals surface area contributed by atoms with Crippen molar-refractivity contribution in [3.63, 3.8) is 0 Å². The molecule has 0 aliphatic carbocycles. The average molecular weight is 294 g/mol. The summed E-state index contributed by atoms with van der Waals surface area (Å²) in [7, 11) is 3.97. The van der Waals surface area contributed by atoms with Gasteiger partial charge in [0.2, 0.25) is 0 Å². The van der Waals surface area contributed by atoms with Crippen molar-refractivity contribution in [2.24, 2.45) is 4.99 Å². The van der Waals surface area contributed by atoms with Crippen LogP contribution in [0.1, 0.15) is 46.0 Å². The van der Waals surface area contributed by atoms with E-state index in [9.17, 15) is 0 Å². The lowest BCUT2D eigenvalue weighted by Crippen LogP contribution is -2.42. The molecule has 4 heteroatoms.